The van der Waals surface area contributed by atoms with Gasteiger partial charge in [0.05, 0.1) is 5.69 Å². The van der Waals surface area contributed by atoms with Gasteiger partial charge in [-0.3, -0.25) is 9.59 Å². The summed E-state index contributed by atoms with van der Waals surface area (Å²) in [5.41, 5.74) is -1.90. The second-order valence-corrected chi connectivity index (χ2v) is 6.88. The fourth-order valence-corrected chi connectivity index (χ4v) is 2.32. The third-order valence-corrected chi connectivity index (χ3v) is 3.78. The minimum absolute atomic E-state index is 0.127. The van der Waals surface area contributed by atoms with Crippen molar-refractivity contribution < 1.29 is 23.1 Å². The van der Waals surface area contributed by atoms with Gasteiger partial charge >= 0.3 is 6.18 Å². The van der Waals surface area contributed by atoms with Crippen LogP contribution < -0.4 is 10.9 Å². The molecule has 0 saturated heterocycles. The maximum atomic E-state index is 12.8. The molecule has 5 nitrogen and oxygen atoms in total. The summed E-state index contributed by atoms with van der Waals surface area (Å²) in [6.45, 7) is 5.25. The Hall–Kier alpha value is -2.77. The number of rotatable bonds is 3. The predicted molar refractivity (Wildman–Crippen MR) is 91.1 cm³/mol. The summed E-state index contributed by atoms with van der Waals surface area (Å²) in [5.74, 6) is -0.907. The van der Waals surface area contributed by atoms with E-state index in [-0.39, 0.29) is 16.9 Å². The number of nitrogens with zero attached hydrogens (tertiary/aromatic N) is 1. The summed E-state index contributed by atoms with van der Waals surface area (Å²) in [5, 5.41) is 12.3. The van der Waals surface area contributed by atoms with Crippen LogP contribution in [0, 0.1) is 0 Å². The van der Waals surface area contributed by atoms with Gasteiger partial charge in [0.25, 0.3) is 5.56 Å². The first-order chi connectivity index (χ1) is 11.9. The van der Waals surface area contributed by atoms with Crippen LogP contribution in [0.25, 0.3) is 0 Å². The molecule has 1 heterocycles. The van der Waals surface area contributed by atoms with Gasteiger partial charge in [-0.15, -0.1) is 0 Å². The molecule has 0 aliphatic carbocycles. The van der Waals surface area contributed by atoms with Crippen molar-refractivity contribution >= 4 is 11.6 Å². The van der Waals surface area contributed by atoms with Gasteiger partial charge in [-0.2, -0.15) is 13.2 Å². The Morgan fingerprint density at radius 2 is 1.85 bits per heavy atom. The van der Waals surface area contributed by atoms with Crippen molar-refractivity contribution in [3.8, 4) is 5.75 Å². The zero-order valence-electron chi connectivity index (χ0n) is 14.5. The van der Waals surface area contributed by atoms with Crippen molar-refractivity contribution in [3.63, 3.8) is 0 Å². The molecule has 26 heavy (non-hydrogen) atoms. The standard InChI is InChI=1S/C18H19F3N2O3/c1-17(2,3)11-6-7-14(24)13(9-11)22-15(25)10-23-8-4-5-12(16(23)26)18(19,20)21/h4-9,24H,10H2,1-3H3,(H,22,25). The average molecular weight is 368 g/mol. The highest BCUT2D eigenvalue weighted by Crippen LogP contribution is 2.30. The van der Waals surface area contributed by atoms with Crippen LogP contribution >= 0.6 is 0 Å². The number of hydrogen-bond acceptors (Lipinski definition) is 3. The third-order valence-electron chi connectivity index (χ3n) is 3.78. The number of aromatic nitrogens is 1. The Kier molecular flexibility index (Phi) is 5.16. The summed E-state index contributed by atoms with van der Waals surface area (Å²) in [7, 11) is 0. The molecule has 0 aliphatic heterocycles. The highest BCUT2D eigenvalue weighted by molar-refractivity contribution is 5.92. The molecule has 0 atom stereocenters. The largest absolute Gasteiger partial charge is 0.506 e. The van der Waals surface area contributed by atoms with Gasteiger partial charge in [-0.25, -0.2) is 0 Å². The fraction of sp³-hybridized carbons (Fsp3) is 0.333. The molecule has 1 amide bonds. The smallest absolute Gasteiger partial charge is 0.421 e. The Balaban J connectivity index is 2.24. The molecular formula is C18H19F3N2O3. The minimum atomic E-state index is -4.80. The van der Waals surface area contributed by atoms with E-state index in [1.807, 2.05) is 20.8 Å². The molecule has 140 valence electrons. The maximum absolute atomic E-state index is 12.8. The zero-order chi connectivity index (χ0) is 19.7. The van der Waals surface area contributed by atoms with E-state index in [2.05, 4.69) is 5.32 Å². The number of nitrogens with one attached hydrogen (secondary N) is 1. The molecule has 2 aromatic rings. The molecule has 2 N–H and O–H groups in total. The number of hydrogen-bond donors (Lipinski definition) is 2. The molecule has 0 saturated carbocycles. The topological polar surface area (TPSA) is 71.3 Å². The number of alkyl halides is 3. The van der Waals surface area contributed by atoms with E-state index in [1.165, 1.54) is 6.07 Å². The minimum Gasteiger partial charge on any atom is -0.506 e. The molecule has 8 heteroatoms. The molecule has 0 radical (unpaired) electrons. The van der Waals surface area contributed by atoms with Crippen LogP contribution in [0.1, 0.15) is 31.9 Å². The Morgan fingerprint density at radius 3 is 2.42 bits per heavy atom. The van der Waals surface area contributed by atoms with Gasteiger partial charge in [-0.1, -0.05) is 26.8 Å². The lowest BCUT2D eigenvalue weighted by molar-refractivity contribution is -0.139. The van der Waals surface area contributed by atoms with Crippen molar-refractivity contribution in [1.82, 2.24) is 4.57 Å². The first kappa shape index (κ1) is 19.6. The number of anilines is 1. The molecule has 0 bridgehead atoms. The summed E-state index contributed by atoms with van der Waals surface area (Å²) >= 11 is 0. The number of halogens is 3. The molecule has 0 unspecified atom stereocenters. The summed E-state index contributed by atoms with van der Waals surface area (Å²) < 4.78 is 39.0. The molecule has 0 spiro atoms. The summed E-state index contributed by atoms with van der Waals surface area (Å²) in [6, 6.07) is 6.43. The lowest BCUT2D eigenvalue weighted by Crippen LogP contribution is -2.32. The van der Waals surface area contributed by atoms with Gasteiger partial charge in [0.1, 0.15) is 17.9 Å². The second-order valence-electron chi connectivity index (χ2n) is 6.88. The molecule has 0 fully saturated rings. The van der Waals surface area contributed by atoms with E-state index >= 15 is 0 Å². The number of phenolic OH excluding ortho intramolecular Hbond substituents is 1. The third kappa shape index (κ3) is 4.44. The first-order valence-corrected chi connectivity index (χ1v) is 7.79. The maximum Gasteiger partial charge on any atom is 0.421 e. The van der Waals surface area contributed by atoms with E-state index < -0.39 is 29.8 Å². The van der Waals surface area contributed by atoms with E-state index in [0.29, 0.717) is 10.6 Å². The zero-order valence-corrected chi connectivity index (χ0v) is 14.5. The van der Waals surface area contributed by atoms with E-state index in [0.717, 1.165) is 17.8 Å². The molecular weight excluding hydrogens is 349 g/mol. The van der Waals surface area contributed by atoms with Crippen LogP contribution in [0.2, 0.25) is 0 Å². The lowest BCUT2D eigenvalue weighted by atomic mass is 9.87. The molecule has 1 aromatic carbocycles. The number of carbonyl (C=O) groups excluding carboxylic acids is 1. The number of amides is 1. The monoisotopic (exact) mass is 368 g/mol. The highest BCUT2D eigenvalue weighted by Gasteiger charge is 2.34. The Bertz CT molecular complexity index is 880. The first-order valence-electron chi connectivity index (χ1n) is 7.79. The van der Waals surface area contributed by atoms with Crippen molar-refractivity contribution in [3.05, 3.63) is 58.0 Å². The van der Waals surface area contributed by atoms with E-state index in [1.54, 1.807) is 12.1 Å². The van der Waals surface area contributed by atoms with Gasteiger partial charge in [0.15, 0.2) is 0 Å². The predicted octanol–water partition coefficient (Wildman–Crippen LogP) is 3.51. The van der Waals surface area contributed by atoms with Crippen molar-refractivity contribution in [1.29, 1.82) is 0 Å². The molecule has 1 aromatic heterocycles. The number of phenols is 1. The van der Waals surface area contributed by atoms with Crippen LogP contribution in [0.5, 0.6) is 5.75 Å². The van der Waals surface area contributed by atoms with Crippen LogP contribution in [0.4, 0.5) is 18.9 Å². The van der Waals surface area contributed by atoms with Crippen LogP contribution in [0.15, 0.2) is 41.3 Å². The van der Waals surface area contributed by atoms with Crippen LogP contribution in [-0.4, -0.2) is 15.6 Å². The Morgan fingerprint density at radius 1 is 1.19 bits per heavy atom. The summed E-state index contributed by atoms with van der Waals surface area (Å²) in [6.07, 6.45) is -3.70. The number of aromatic hydroxyl groups is 1. The van der Waals surface area contributed by atoms with Crippen LogP contribution in [0.3, 0.4) is 0 Å². The van der Waals surface area contributed by atoms with Gasteiger partial charge in [0.2, 0.25) is 5.91 Å². The number of benzene rings is 1. The fourth-order valence-electron chi connectivity index (χ4n) is 2.32. The average Bonchev–Trinajstić information content (AvgIpc) is 2.49. The van der Waals surface area contributed by atoms with Gasteiger partial charge in [-0.05, 0) is 35.2 Å². The SMILES string of the molecule is CC(C)(C)c1ccc(O)c(NC(=O)Cn2cccc(C(F)(F)F)c2=O)c1. The normalized spacial score (nSPS) is 12.1. The van der Waals surface area contributed by atoms with E-state index in [4.69, 9.17) is 0 Å². The highest BCUT2D eigenvalue weighted by atomic mass is 19.4. The summed E-state index contributed by atoms with van der Waals surface area (Å²) in [4.78, 5) is 24.0. The number of pyridine rings is 1. The van der Waals surface area contributed by atoms with Crippen molar-refractivity contribution in [2.24, 2.45) is 0 Å². The Labute approximate surface area is 148 Å². The molecule has 0 aliphatic rings. The van der Waals surface area contributed by atoms with Crippen LogP contribution in [-0.2, 0) is 22.9 Å². The van der Waals surface area contributed by atoms with Gasteiger partial charge < -0.3 is 15.0 Å². The molecule has 2 rings (SSSR count). The number of carbonyl (C=O) groups is 1. The second kappa shape index (κ2) is 6.86. The lowest BCUT2D eigenvalue weighted by Gasteiger charge is -2.20. The van der Waals surface area contributed by atoms with E-state index in [9.17, 15) is 27.9 Å². The quantitative estimate of drug-likeness (QED) is 0.815. The van der Waals surface area contributed by atoms with Gasteiger partial charge in [0, 0.05) is 6.20 Å². The van der Waals surface area contributed by atoms with Crippen molar-refractivity contribution in [2.45, 2.75) is 38.9 Å². The van der Waals surface area contributed by atoms with Crippen molar-refractivity contribution in [2.75, 3.05) is 5.32 Å².